The Kier molecular flexibility index (Phi) is 6.15. The molecule has 0 saturated heterocycles. The number of nitrogens with one attached hydrogen (secondary N) is 2. The summed E-state index contributed by atoms with van der Waals surface area (Å²) in [7, 11) is 0. The Bertz CT molecular complexity index is 769. The monoisotopic (exact) mass is 342 g/mol. The summed E-state index contributed by atoms with van der Waals surface area (Å²) in [6.45, 7) is 3.76. The lowest BCUT2D eigenvalue weighted by molar-refractivity contribution is -0.111. The molecule has 2 aromatic carbocycles. The Balaban J connectivity index is 2.12. The average molecular weight is 343 g/mol. The minimum absolute atomic E-state index is 0.0152. The van der Waals surface area contributed by atoms with Crippen LogP contribution in [0.5, 0.6) is 0 Å². The SMILES string of the molecule is CC(C)NC(=O)c1ccccc1NC(=O)C=Cc1ccccc1Cl. The fourth-order valence-corrected chi connectivity index (χ4v) is 2.28. The zero-order chi connectivity index (χ0) is 17.5. The highest BCUT2D eigenvalue weighted by molar-refractivity contribution is 6.32. The molecule has 0 aliphatic rings. The van der Waals surface area contributed by atoms with Crippen LogP contribution in [0.1, 0.15) is 29.8 Å². The molecule has 0 aromatic heterocycles. The summed E-state index contributed by atoms with van der Waals surface area (Å²) >= 11 is 6.05. The van der Waals surface area contributed by atoms with Crippen LogP contribution in [0.2, 0.25) is 5.02 Å². The fraction of sp³-hybridized carbons (Fsp3) is 0.158. The van der Waals surface area contributed by atoms with Crippen LogP contribution in [0.4, 0.5) is 5.69 Å². The van der Waals surface area contributed by atoms with Crippen LogP contribution >= 0.6 is 11.6 Å². The third kappa shape index (κ3) is 4.96. The number of hydrogen-bond acceptors (Lipinski definition) is 2. The van der Waals surface area contributed by atoms with E-state index < -0.39 is 0 Å². The number of amides is 2. The molecule has 0 aliphatic heterocycles. The van der Waals surface area contributed by atoms with Gasteiger partial charge in [0.15, 0.2) is 0 Å². The zero-order valence-corrected chi connectivity index (χ0v) is 14.3. The molecule has 0 atom stereocenters. The molecule has 2 amide bonds. The first-order chi connectivity index (χ1) is 11.5. The van der Waals surface area contributed by atoms with Crippen molar-refractivity contribution < 1.29 is 9.59 Å². The summed E-state index contributed by atoms with van der Waals surface area (Å²) in [6.07, 6.45) is 3.02. The maximum absolute atomic E-state index is 12.2. The third-order valence-corrected chi connectivity index (χ3v) is 3.51. The topological polar surface area (TPSA) is 58.2 Å². The molecule has 2 rings (SSSR count). The van der Waals surface area contributed by atoms with Crippen LogP contribution in [-0.4, -0.2) is 17.9 Å². The van der Waals surface area contributed by atoms with Crippen molar-refractivity contribution >= 4 is 35.2 Å². The van der Waals surface area contributed by atoms with E-state index in [-0.39, 0.29) is 17.9 Å². The minimum atomic E-state index is -0.334. The molecule has 0 aliphatic carbocycles. The van der Waals surface area contributed by atoms with E-state index in [9.17, 15) is 9.59 Å². The largest absolute Gasteiger partial charge is 0.350 e. The van der Waals surface area contributed by atoms with Crippen LogP contribution < -0.4 is 10.6 Å². The number of benzene rings is 2. The summed E-state index contributed by atoms with van der Waals surface area (Å²) in [5.41, 5.74) is 1.63. The van der Waals surface area contributed by atoms with Crippen molar-refractivity contribution in [1.82, 2.24) is 5.32 Å². The van der Waals surface area contributed by atoms with Crippen molar-refractivity contribution in [1.29, 1.82) is 0 Å². The number of halogens is 1. The van der Waals surface area contributed by atoms with Crippen LogP contribution in [-0.2, 0) is 4.79 Å². The first-order valence-electron chi connectivity index (χ1n) is 7.61. The van der Waals surface area contributed by atoms with Gasteiger partial charge >= 0.3 is 0 Å². The van der Waals surface area contributed by atoms with Crippen LogP contribution in [0.25, 0.3) is 6.08 Å². The van der Waals surface area contributed by atoms with E-state index in [2.05, 4.69) is 10.6 Å². The Labute approximate surface area is 146 Å². The van der Waals surface area contributed by atoms with Crippen molar-refractivity contribution in [2.45, 2.75) is 19.9 Å². The van der Waals surface area contributed by atoms with Crippen molar-refractivity contribution in [3.8, 4) is 0 Å². The Morgan fingerprint density at radius 3 is 2.42 bits per heavy atom. The molecule has 0 unspecified atom stereocenters. The standard InChI is InChI=1S/C19H19ClN2O2/c1-13(2)21-19(24)15-8-4-6-10-17(15)22-18(23)12-11-14-7-3-5-9-16(14)20/h3-13H,1-2H3,(H,21,24)(H,22,23). The lowest BCUT2D eigenvalue weighted by atomic mass is 10.1. The predicted octanol–water partition coefficient (Wildman–Crippen LogP) is 4.13. The van der Waals surface area contributed by atoms with Crippen LogP contribution in [0, 0.1) is 0 Å². The molecular formula is C19H19ClN2O2. The second-order valence-corrected chi connectivity index (χ2v) is 5.93. The minimum Gasteiger partial charge on any atom is -0.350 e. The fourth-order valence-electron chi connectivity index (χ4n) is 2.08. The van der Waals surface area contributed by atoms with Crippen molar-refractivity contribution in [2.24, 2.45) is 0 Å². The van der Waals surface area contributed by atoms with Gasteiger partial charge < -0.3 is 10.6 Å². The molecule has 0 heterocycles. The quantitative estimate of drug-likeness (QED) is 0.803. The first kappa shape index (κ1) is 17.8. The van der Waals surface area contributed by atoms with Gasteiger partial charge in [0, 0.05) is 17.1 Å². The Morgan fingerprint density at radius 1 is 1.04 bits per heavy atom. The molecule has 0 fully saturated rings. The highest BCUT2D eigenvalue weighted by Gasteiger charge is 2.12. The first-order valence-corrected chi connectivity index (χ1v) is 7.98. The summed E-state index contributed by atoms with van der Waals surface area (Å²) < 4.78 is 0. The van der Waals surface area contributed by atoms with E-state index in [4.69, 9.17) is 11.6 Å². The van der Waals surface area contributed by atoms with Crippen molar-refractivity contribution in [3.63, 3.8) is 0 Å². The number of carbonyl (C=O) groups is 2. The molecule has 2 aromatic rings. The molecule has 0 saturated carbocycles. The maximum atomic E-state index is 12.2. The van der Waals surface area contributed by atoms with Crippen molar-refractivity contribution in [3.05, 3.63) is 70.8 Å². The lowest BCUT2D eigenvalue weighted by Gasteiger charge is -2.12. The van der Waals surface area contributed by atoms with E-state index in [0.29, 0.717) is 16.3 Å². The van der Waals surface area contributed by atoms with Gasteiger partial charge in [-0.25, -0.2) is 0 Å². The van der Waals surface area contributed by atoms with E-state index in [0.717, 1.165) is 5.56 Å². The van der Waals surface area contributed by atoms with Gasteiger partial charge in [0.1, 0.15) is 0 Å². The number of hydrogen-bond donors (Lipinski definition) is 2. The summed E-state index contributed by atoms with van der Waals surface area (Å²) in [5.74, 6) is -0.560. The number of anilines is 1. The third-order valence-electron chi connectivity index (χ3n) is 3.17. The second kappa shape index (κ2) is 8.31. The van der Waals surface area contributed by atoms with Gasteiger partial charge in [-0.3, -0.25) is 9.59 Å². The highest BCUT2D eigenvalue weighted by Crippen LogP contribution is 2.17. The molecule has 0 bridgehead atoms. The summed E-state index contributed by atoms with van der Waals surface area (Å²) in [5, 5.41) is 6.10. The van der Waals surface area contributed by atoms with Gasteiger partial charge in [-0.2, -0.15) is 0 Å². The van der Waals surface area contributed by atoms with E-state index in [1.807, 2.05) is 32.0 Å². The Morgan fingerprint density at radius 2 is 1.71 bits per heavy atom. The van der Waals surface area contributed by atoms with E-state index >= 15 is 0 Å². The van der Waals surface area contributed by atoms with Gasteiger partial charge in [-0.15, -0.1) is 0 Å². The lowest BCUT2D eigenvalue weighted by Crippen LogP contribution is -2.30. The number of rotatable bonds is 5. The van der Waals surface area contributed by atoms with Crippen LogP contribution in [0.3, 0.4) is 0 Å². The molecule has 5 heteroatoms. The van der Waals surface area contributed by atoms with Crippen molar-refractivity contribution in [2.75, 3.05) is 5.32 Å². The van der Waals surface area contributed by atoms with E-state index in [1.165, 1.54) is 6.08 Å². The van der Waals surface area contributed by atoms with Crippen LogP contribution in [0.15, 0.2) is 54.6 Å². The molecule has 124 valence electrons. The maximum Gasteiger partial charge on any atom is 0.253 e. The molecule has 4 nitrogen and oxygen atoms in total. The molecule has 0 spiro atoms. The van der Waals surface area contributed by atoms with E-state index in [1.54, 1.807) is 36.4 Å². The molecular weight excluding hydrogens is 324 g/mol. The van der Waals surface area contributed by atoms with Gasteiger partial charge in [-0.05, 0) is 43.7 Å². The van der Waals surface area contributed by atoms with Gasteiger partial charge in [-0.1, -0.05) is 41.9 Å². The summed E-state index contributed by atoms with van der Waals surface area (Å²) in [4.78, 5) is 24.3. The molecule has 2 N–H and O–H groups in total. The highest BCUT2D eigenvalue weighted by atomic mass is 35.5. The van der Waals surface area contributed by atoms with Gasteiger partial charge in [0.25, 0.3) is 5.91 Å². The number of carbonyl (C=O) groups excluding carboxylic acids is 2. The van der Waals surface area contributed by atoms with Gasteiger partial charge in [0.05, 0.1) is 11.3 Å². The predicted molar refractivity (Wildman–Crippen MR) is 98.2 cm³/mol. The van der Waals surface area contributed by atoms with Gasteiger partial charge in [0.2, 0.25) is 5.91 Å². The Hall–Kier alpha value is -2.59. The number of para-hydroxylation sites is 1. The zero-order valence-electron chi connectivity index (χ0n) is 13.5. The second-order valence-electron chi connectivity index (χ2n) is 5.52. The summed E-state index contributed by atoms with van der Waals surface area (Å²) in [6, 6.07) is 14.1. The average Bonchev–Trinajstić information content (AvgIpc) is 2.54. The normalized spacial score (nSPS) is 10.8. The molecule has 0 radical (unpaired) electrons. The molecule has 24 heavy (non-hydrogen) atoms. The smallest absolute Gasteiger partial charge is 0.253 e.